The predicted molar refractivity (Wildman–Crippen MR) is 103 cm³/mol. The minimum atomic E-state index is -0.596. The zero-order valence-corrected chi connectivity index (χ0v) is 15.3. The van der Waals surface area contributed by atoms with Gasteiger partial charge in [-0.2, -0.15) is 0 Å². The summed E-state index contributed by atoms with van der Waals surface area (Å²) < 4.78 is 7.10. The van der Waals surface area contributed by atoms with E-state index in [1.807, 2.05) is 37.5 Å². The molecule has 27 heavy (non-hydrogen) atoms. The van der Waals surface area contributed by atoms with E-state index in [0.717, 1.165) is 22.7 Å². The maximum atomic E-state index is 12.3. The number of nitrogens with zero attached hydrogens (tertiary/aromatic N) is 2. The number of benzene rings is 1. The number of carbonyl (C=O) groups is 2. The summed E-state index contributed by atoms with van der Waals surface area (Å²) in [7, 11) is 0. The highest BCUT2D eigenvalue weighted by Crippen LogP contribution is 2.22. The second-order valence-electron chi connectivity index (χ2n) is 6.19. The third kappa shape index (κ3) is 3.82. The quantitative estimate of drug-likeness (QED) is 0.679. The fourth-order valence-corrected chi connectivity index (χ4v) is 2.91. The molecule has 0 saturated carbocycles. The largest absolute Gasteiger partial charge is 0.366 e. The average Bonchev–Trinajstić information content (AvgIpc) is 3.16. The molecule has 0 radical (unpaired) electrons. The maximum Gasteiger partial charge on any atom is 0.250 e. The first-order chi connectivity index (χ1) is 12.9. The standard InChI is InChI=1S/C20H20N4O3/c1-12-10-15(14(3)24(12)18-11-13(2)27-23-18)8-9-19(25)22-17-7-5-4-6-16(17)20(21)26/h4-11H,1-3H3,(H2,21,26)(H,22,25)/b9-8+. The van der Waals surface area contributed by atoms with Gasteiger partial charge in [0.05, 0.1) is 11.3 Å². The van der Waals surface area contributed by atoms with Gasteiger partial charge in [-0.15, -0.1) is 0 Å². The van der Waals surface area contributed by atoms with E-state index in [1.54, 1.807) is 30.3 Å². The minimum absolute atomic E-state index is 0.263. The Morgan fingerprint density at radius 1 is 1.19 bits per heavy atom. The molecule has 0 aliphatic heterocycles. The van der Waals surface area contributed by atoms with Gasteiger partial charge in [-0.25, -0.2) is 0 Å². The monoisotopic (exact) mass is 364 g/mol. The summed E-state index contributed by atoms with van der Waals surface area (Å²) in [5, 5.41) is 6.72. The smallest absolute Gasteiger partial charge is 0.250 e. The SMILES string of the molecule is Cc1cc(-n2c(C)cc(/C=C/C(=O)Nc3ccccc3C(N)=O)c2C)no1. The van der Waals surface area contributed by atoms with Gasteiger partial charge in [0.25, 0.3) is 5.91 Å². The number of nitrogens with two attached hydrogens (primary N) is 1. The number of hydrogen-bond acceptors (Lipinski definition) is 4. The Kier molecular flexibility index (Phi) is 4.94. The fraction of sp³-hybridized carbons (Fsp3) is 0.150. The van der Waals surface area contributed by atoms with Crippen molar-refractivity contribution in [3.8, 4) is 5.82 Å². The number of anilines is 1. The molecule has 2 amide bonds. The lowest BCUT2D eigenvalue weighted by Crippen LogP contribution is -2.16. The number of rotatable bonds is 5. The van der Waals surface area contributed by atoms with Crippen LogP contribution in [-0.4, -0.2) is 21.5 Å². The zero-order chi connectivity index (χ0) is 19.6. The predicted octanol–water partition coefficient (Wildman–Crippen LogP) is 3.14. The van der Waals surface area contributed by atoms with Crippen LogP contribution >= 0.6 is 0 Å². The first kappa shape index (κ1) is 18.2. The molecule has 0 aliphatic rings. The van der Waals surface area contributed by atoms with Crippen LogP contribution in [0.1, 0.15) is 33.1 Å². The molecule has 138 valence electrons. The highest BCUT2D eigenvalue weighted by molar-refractivity contribution is 6.07. The number of aryl methyl sites for hydroxylation is 2. The number of primary amides is 1. The minimum Gasteiger partial charge on any atom is -0.366 e. The average molecular weight is 364 g/mol. The molecule has 2 heterocycles. The fourth-order valence-electron chi connectivity index (χ4n) is 2.91. The van der Waals surface area contributed by atoms with Crippen LogP contribution in [0.5, 0.6) is 0 Å². The molecule has 0 atom stereocenters. The summed E-state index contributed by atoms with van der Waals surface area (Å²) in [5.41, 5.74) is 8.75. The lowest BCUT2D eigenvalue weighted by atomic mass is 10.1. The third-order valence-electron chi connectivity index (χ3n) is 4.18. The molecule has 2 aromatic heterocycles. The van der Waals surface area contributed by atoms with E-state index >= 15 is 0 Å². The number of amides is 2. The van der Waals surface area contributed by atoms with Gasteiger partial charge in [0, 0.05) is 23.5 Å². The van der Waals surface area contributed by atoms with Gasteiger partial charge in [-0.1, -0.05) is 17.3 Å². The molecule has 3 N–H and O–H groups in total. The van der Waals surface area contributed by atoms with Gasteiger partial charge in [-0.05, 0) is 50.6 Å². The molecule has 3 rings (SSSR count). The Morgan fingerprint density at radius 3 is 2.59 bits per heavy atom. The van der Waals surface area contributed by atoms with Crippen molar-refractivity contribution < 1.29 is 14.1 Å². The Morgan fingerprint density at radius 2 is 1.93 bits per heavy atom. The summed E-state index contributed by atoms with van der Waals surface area (Å²) in [5.74, 6) is 0.469. The molecule has 7 nitrogen and oxygen atoms in total. The Hall–Kier alpha value is -3.61. The van der Waals surface area contributed by atoms with Gasteiger partial charge in [0.15, 0.2) is 5.82 Å². The summed E-state index contributed by atoms with van der Waals surface area (Å²) >= 11 is 0. The molecule has 0 unspecified atom stereocenters. The Labute approximate surface area is 156 Å². The van der Waals surface area contributed by atoms with Gasteiger partial charge in [0.1, 0.15) is 5.76 Å². The van der Waals surface area contributed by atoms with Crippen molar-refractivity contribution in [3.05, 3.63) is 70.7 Å². The molecular weight excluding hydrogens is 344 g/mol. The van der Waals surface area contributed by atoms with Crippen LogP contribution in [0, 0.1) is 20.8 Å². The summed E-state index contributed by atoms with van der Waals surface area (Å²) in [4.78, 5) is 23.7. The van der Waals surface area contributed by atoms with Crippen molar-refractivity contribution in [1.29, 1.82) is 0 Å². The first-order valence-corrected chi connectivity index (χ1v) is 8.37. The summed E-state index contributed by atoms with van der Waals surface area (Å²) in [6.07, 6.45) is 3.13. The first-order valence-electron chi connectivity index (χ1n) is 8.37. The van der Waals surface area contributed by atoms with E-state index in [9.17, 15) is 9.59 Å². The Balaban J connectivity index is 1.81. The highest BCUT2D eigenvalue weighted by Gasteiger charge is 2.13. The van der Waals surface area contributed by atoms with Crippen LogP contribution in [0.3, 0.4) is 0 Å². The van der Waals surface area contributed by atoms with Crippen molar-refractivity contribution in [2.75, 3.05) is 5.32 Å². The number of aromatic nitrogens is 2. The van der Waals surface area contributed by atoms with E-state index < -0.39 is 5.91 Å². The van der Waals surface area contributed by atoms with E-state index in [2.05, 4.69) is 10.5 Å². The summed E-state index contributed by atoms with van der Waals surface area (Å²) in [6.45, 7) is 5.73. The van der Waals surface area contributed by atoms with E-state index in [-0.39, 0.29) is 11.5 Å². The zero-order valence-electron chi connectivity index (χ0n) is 15.3. The van der Waals surface area contributed by atoms with Gasteiger partial charge in [0.2, 0.25) is 5.91 Å². The van der Waals surface area contributed by atoms with Crippen LogP contribution in [0.15, 0.2) is 47.0 Å². The van der Waals surface area contributed by atoms with Crippen molar-refractivity contribution in [1.82, 2.24) is 9.72 Å². The van der Waals surface area contributed by atoms with Gasteiger partial charge >= 0.3 is 0 Å². The molecule has 3 aromatic rings. The second-order valence-corrected chi connectivity index (χ2v) is 6.19. The highest BCUT2D eigenvalue weighted by atomic mass is 16.5. The number of hydrogen-bond donors (Lipinski definition) is 2. The van der Waals surface area contributed by atoms with E-state index in [1.165, 1.54) is 6.08 Å². The second kappa shape index (κ2) is 7.33. The molecule has 0 fully saturated rings. The summed E-state index contributed by atoms with van der Waals surface area (Å²) in [6, 6.07) is 10.4. The maximum absolute atomic E-state index is 12.3. The van der Waals surface area contributed by atoms with Crippen LogP contribution < -0.4 is 11.1 Å². The molecule has 0 saturated heterocycles. The number of para-hydroxylation sites is 1. The molecule has 0 spiro atoms. The normalized spacial score (nSPS) is 11.1. The third-order valence-corrected chi connectivity index (χ3v) is 4.18. The molecule has 7 heteroatoms. The van der Waals surface area contributed by atoms with E-state index in [0.29, 0.717) is 11.5 Å². The van der Waals surface area contributed by atoms with Crippen molar-refractivity contribution in [2.45, 2.75) is 20.8 Å². The van der Waals surface area contributed by atoms with Gasteiger partial charge < -0.3 is 15.6 Å². The number of carbonyl (C=O) groups excluding carboxylic acids is 2. The van der Waals surface area contributed by atoms with Crippen molar-refractivity contribution >= 4 is 23.6 Å². The molecular formula is C20H20N4O3. The van der Waals surface area contributed by atoms with Gasteiger partial charge in [-0.3, -0.25) is 14.2 Å². The Bertz CT molecular complexity index is 1040. The van der Waals surface area contributed by atoms with Crippen molar-refractivity contribution in [2.24, 2.45) is 5.73 Å². The molecule has 0 bridgehead atoms. The lowest BCUT2D eigenvalue weighted by Gasteiger charge is -2.06. The number of nitrogens with one attached hydrogen (secondary N) is 1. The lowest BCUT2D eigenvalue weighted by molar-refractivity contribution is -0.111. The molecule has 1 aromatic carbocycles. The van der Waals surface area contributed by atoms with E-state index in [4.69, 9.17) is 10.3 Å². The van der Waals surface area contributed by atoms with Crippen LogP contribution in [0.2, 0.25) is 0 Å². The van der Waals surface area contributed by atoms with Crippen LogP contribution in [0.25, 0.3) is 11.9 Å². The van der Waals surface area contributed by atoms with Crippen molar-refractivity contribution in [3.63, 3.8) is 0 Å². The van der Waals surface area contributed by atoms with Crippen LogP contribution in [-0.2, 0) is 4.79 Å². The topological polar surface area (TPSA) is 103 Å². The molecule has 0 aliphatic carbocycles. The van der Waals surface area contributed by atoms with Crippen LogP contribution in [0.4, 0.5) is 5.69 Å².